The highest BCUT2D eigenvalue weighted by Crippen LogP contribution is 2.30. The van der Waals surface area contributed by atoms with Crippen LogP contribution < -0.4 is 0 Å². The number of nitrogens with zero attached hydrogens (tertiary/aromatic N) is 3. The van der Waals surface area contributed by atoms with Crippen LogP contribution in [-0.2, 0) is 18.3 Å². The minimum Gasteiger partial charge on any atom is -0.274 e. The Labute approximate surface area is 166 Å². The van der Waals surface area contributed by atoms with Gasteiger partial charge in [-0.1, -0.05) is 34.8 Å². The molecule has 2 rings (SSSR count). The Kier molecular flexibility index (Phi) is 6.91. The molecule has 5 nitrogen and oxygen atoms in total. The zero-order valence-electron chi connectivity index (χ0n) is 14.8. The number of halogens is 4. The van der Waals surface area contributed by atoms with Crippen LogP contribution >= 0.6 is 34.8 Å². The van der Waals surface area contributed by atoms with Crippen LogP contribution in [0.2, 0.25) is 15.1 Å². The van der Waals surface area contributed by atoms with E-state index in [0.717, 1.165) is 15.3 Å². The number of aryl methyl sites for hydroxylation is 2. The number of hydrogen-bond acceptors (Lipinski definition) is 3. The molecule has 1 unspecified atom stereocenters. The highest BCUT2D eigenvalue weighted by molar-refractivity contribution is 6.39. The van der Waals surface area contributed by atoms with Gasteiger partial charge >= 0.3 is 0 Å². The molecule has 26 heavy (non-hydrogen) atoms. The molecular weight excluding hydrogens is 404 g/mol. The van der Waals surface area contributed by atoms with Crippen LogP contribution in [0.4, 0.5) is 4.39 Å². The fourth-order valence-corrected chi connectivity index (χ4v) is 3.73. The number of aromatic nitrogens is 2. The highest BCUT2D eigenvalue weighted by atomic mass is 35.5. The number of benzene rings is 1. The summed E-state index contributed by atoms with van der Waals surface area (Å²) >= 11 is 18.3. The summed E-state index contributed by atoms with van der Waals surface area (Å²) in [6, 6.07) is 2.87. The van der Waals surface area contributed by atoms with Crippen molar-refractivity contribution in [3.63, 3.8) is 0 Å². The Morgan fingerprint density at radius 2 is 1.92 bits per heavy atom. The van der Waals surface area contributed by atoms with Gasteiger partial charge in [-0.2, -0.15) is 9.49 Å². The predicted molar refractivity (Wildman–Crippen MR) is 100 cm³/mol. The van der Waals surface area contributed by atoms with E-state index in [1.807, 2.05) is 0 Å². The molecule has 1 aromatic carbocycles. The molecule has 0 aliphatic rings. The standard InChI is InChI=1S/C17H19Cl3FN3O2/c1-9(5-6-12-13(19)7-11(18)8-14(12)20)24(26-4)17(25)15-10(2)22-23(3)16(15)21/h7-9H,5-6H2,1-4H3. The van der Waals surface area contributed by atoms with Gasteiger partial charge in [0.2, 0.25) is 5.95 Å². The van der Waals surface area contributed by atoms with Crippen molar-refractivity contribution in [2.24, 2.45) is 7.05 Å². The summed E-state index contributed by atoms with van der Waals surface area (Å²) in [6.45, 7) is 3.37. The van der Waals surface area contributed by atoms with Gasteiger partial charge in [0, 0.05) is 22.1 Å². The molecular formula is C17H19Cl3FN3O2. The first-order valence-corrected chi connectivity index (χ1v) is 9.00. The van der Waals surface area contributed by atoms with Crippen LogP contribution in [0.5, 0.6) is 0 Å². The third-order valence-electron chi connectivity index (χ3n) is 4.08. The summed E-state index contributed by atoms with van der Waals surface area (Å²) in [5.41, 5.74) is 0.925. The van der Waals surface area contributed by atoms with Gasteiger partial charge in [-0.05, 0) is 44.4 Å². The van der Waals surface area contributed by atoms with Crippen molar-refractivity contribution in [3.05, 3.63) is 50.0 Å². The van der Waals surface area contributed by atoms with E-state index in [0.29, 0.717) is 33.6 Å². The molecule has 142 valence electrons. The van der Waals surface area contributed by atoms with Crippen LogP contribution in [-0.4, -0.2) is 33.9 Å². The molecule has 0 bridgehead atoms. The Hall–Kier alpha value is -1.34. The normalized spacial score (nSPS) is 12.3. The minimum absolute atomic E-state index is 0.108. The first-order chi connectivity index (χ1) is 12.2. The van der Waals surface area contributed by atoms with Crippen molar-refractivity contribution in [3.8, 4) is 0 Å². The maximum atomic E-state index is 14.2. The molecule has 9 heteroatoms. The summed E-state index contributed by atoms with van der Waals surface area (Å²) in [5.74, 6) is -1.29. The summed E-state index contributed by atoms with van der Waals surface area (Å²) in [6.07, 6.45) is 0.999. The number of carbonyl (C=O) groups is 1. The van der Waals surface area contributed by atoms with Crippen molar-refractivity contribution < 1.29 is 14.0 Å². The second-order valence-corrected chi connectivity index (χ2v) is 7.17. The maximum Gasteiger partial charge on any atom is 0.284 e. The van der Waals surface area contributed by atoms with Crippen LogP contribution in [0.1, 0.15) is 35.0 Å². The fraction of sp³-hybridized carbons (Fsp3) is 0.412. The molecule has 0 N–H and O–H groups in total. The second-order valence-electron chi connectivity index (χ2n) is 5.92. The highest BCUT2D eigenvalue weighted by Gasteiger charge is 2.29. The summed E-state index contributed by atoms with van der Waals surface area (Å²) in [4.78, 5) is 17.9. The van der Waals surface area contributed by atoms with Crippen molar-refractivity contribution in [2.45, 2.75) is 32.7 Å². The monoisotopic (exact) mass is 421 g/mol. The number of carbonyl (C=O) groups excluding carboxylic acids is 1. The molecule has 1 amide bonds. The molecule has 0 radical (unpaired) electrons. The predicted octanol–water partition coefficient (Wildman–Crippen LogP) is 4.85. The van der Waals surface area contributed by atoms with Crippen molar-refractivity contribution in [1.29, 1.82) is 0 Å². The average molecular weight is 423 g/mol. The molecule has 0 saturated carbocycles. The summed E-state index contributed by atoms with van der Waals surface area (Å²) in [7, 11) is 2.80. The van der Waals surface area contributed by atoms with Crippen LogP contribution in [0.15, 0.2) is 12.1 Å². The van der Waals surface area contributed by atoms with E-state index in [1.54, 1.807) is 26.0 Å². The molecule has 0 aliphatic heterocycles. The lowest BCUT2D eigenvalue weighted by atomic mass is 10.1. The average Bonchev–Trinajstić information content (AvgIpc) is 2.79. The van der Waals surface area contributed by atoms with Crippen molar-refractivity contribution in [1.82, 2.24) is 14.8 Å². The lowest BCUT2D eigenvalue weighted by molar-refractivity contribution is -0.120. The van der Waals surface area contributed by atoms with Crippen LogP contribution in [0.3, 0.4) is 0 Å². The second kappa shape index (κ2) is 8.57. The zero-order chi connectivity index (χ0) is 19.6. The van der Waals surface area contributed by atoms with Crippen molar-refractivity contribution >= 4 is 40.7 Å². The molecule has 2 aromatic rings. The van der Waals surface area contributed by atoms with Gasteiger partial charge in [0.1, 0.15) is 5.56 Å². The largest absolute Gasteiger partial charge is 0.284 e. The molecule has 1 heterocycles. The minimum atomic E-state index is -0.703. The van der Waals surface area contributed by atoms with Gasteiger partial charge in [-0.15, -0.1) is 0 Å². The first kappa shape index (κ1) is 21.0. The van der Waals surface area contributed by atoms with Gasteiger partial charge in [-0.3, -0.25) is 9.63 Å². The van der Waals surface area contributed by atoms with Crippen LogP contribution in [0, 0.1) is 12.9 Å². The van der Waals surface area contributed by atoms with Gasteiger partial charge in [0.05, 0.1) is 18.8 Å². The number of amides is 1. The summed E-state index contributed by atoms with van der Waals surface area (Å²) in [5, 5.41) is 6.42. The summed E-state index contributed by atoms with van der Waals surface area (Å²) < 4.78 is 15.2. The van der Waals surface area contributed by atoms with E-state index in [9.17, 15) is 9.18 Å². The quantitative estimate of drug-likeness (QED) is 0.625. The Bertz CT molecular complexity index is 803. The van der Waals surface area contributed by atoms with Crippen LogP contribution in [0.25, 0.3) is 0 Å². The fourth-order valence-electron chi connectivity index (χ4n) is 2.73. The number of rotatable bonds is 6. The molecule has 0 spiro atoms. The zero-order valence-corrected chi connectivity index (χ0v) is 17.1. The maximum absolute atomic E-state index is 14.2. The molecule has 0 saturated heterocycles. The molecule has 1 aromatic heterocycles. The van der Waals surface area contributed by atoms with E-state index in [4.69, 9.17) is 39.6 Å². The molecule has 0 fully saturated rings. The molecule has 1 atom stereocenters. The van der Waals surface area contributed by atoms with Gasteiger partial charge in [-0.25, -0.2) is 9.75 Å². The van der Waals surface area contributed by atoms with E-state index < -0.39 is 11.9 Å². The van der Waals surface area contributed by atoms with Gasteiger partial charge in [0.25, 0.3) is 5.91 Å². The first-order valence-electron chi connectivity index (χ1n) is 7.87. The smallest absolute Gasteiger partial charge is 0.274 e. The van der Waals surface area contributed by atoms with Gasteiger partial charge in [0.15, 0.2) is 0 Å². The van der Waals surface area contributed by atoms with E-state index >= 15 is 0 Å². The SMILES string of the molecule is CON(C(=O)c1c(C)nn(C)c1F)C(C)CCc1c(Cl)cc(Cl)cc1Cl. The third-order valence-corrected chi connectivity index (χ3v) is 4.97. The van der Waals surface area contributed by atoms with E-state index in [-0.39, 0.29) is 11.6 Å². The number of hydroxylamine groups is 2. The van der Waals surface area contributed by atoms with E-state index in [1.165, 1.54) is 14.2 Å². The Morgan fingerprint density at radius 3 is 2.38 bits per heavy atom. The lowest BCUT2D eigenvalue weighted by Gasteiger charge is -2.26. The van der Waals surface area contributed by atoms with E-state index in [2.05, 4.69) is 5.10 Å². The number of hydrogen-bond donors (Lipinski definition) is 0. The molecule has 0 aliphatic carbocycles. The van der Waals surface area contributed by atoms with Gasteiger partial charge < -0.3 is 0 Å². The van der Waals surface area contributed by atoms with Crippen molar-refractivity contribution in [2.75, 3.05) is 7.11 Å². The lowest BCUT2D eigenvalue weighted by Crippen LogP contribution is -2.38. The Balaban J connectivity index is 2.16. The third kappa shape index (κ3) is 4.31. The Morgan fingerprint density at radius 1 is 1.35 bits per heavy atom. The topological polar surface area (TPSA) is 47.4 Å².